The highest BCUT2D eigenvalue weighted by atomic mass is 32.2. The fraction of sp³-hybridized carbons (Fsp3) is 0.333. The summed E-state index contributed by atoms with van der Waals surface area (Å²) in [6.07, 6.45) is 2.43. The average molecular weight is 460 g/mol. The molecule has 0 aliphatic heterocycles. The number of hydrogen-bond acceptors (Lipinski definition) is 6. The Kier molecular flexibility index (Phi) is 7.80. The Morgan fingerprint density at radius 1 is 1.22 bits per heavy atom. The Morgan fingerprint density at radius 2 is 2.00 bits per heavy atom. The largest absolute Gasteiger partial charge is 0.511 e. The van der Waals surface area contributed by atoms with E-state index in [1.54, 1.807) is 31.2 Å². The first-order valence-electron chi connectivity index (χ1n) is 10.4. The molecule has 2 aromatic carbocycles. The summed E-state index contributed by atoms with van der Waals surface area (Å²) >= 11 is 0. The minimum Gasteiger partial charge on any atom is -0.511 e. The second-order valence-corrected chi connectivity index (χ2v) is 8.76. The highest BCUT2D eigenvalue weighted by Gasteiger charge is 2.31. The van der Waals surface area contributed by atoms with Crippen LogP contribution in [0.1, 0.15) is 44.6 Å². The quantitative estimate of drug-likeness (QED) is 0.421. The molecule has 0 bridgehead atoms. The van der Waals surface area contributed by atoms with Gasteiger partial charge in [-0.3, -0.25) is 9.00 Å². The molecule has 1 N–H and O–H groups in total. The van der Waals surface area contributed by atoms with Gasteiger partial charge in [0.15, 0.2) is 17.3 Å². The molecule has 0 saturated carbocycles. The van der Waals surface area contributed by atoms with Gasteiger partial charge in [0.1, 0.15) is 18.1 Å². The summed E-state index contributed by atoms with van der Waals surface area (Å²) in [4.78, 5) is 18.3. The third-order valence-electron chi connectivity index (χ3n) is 5.16. The van der Waals surface area contributed by atoms with Gasteiger partial charge in [-0.1, -0.05) is 24.2 Å². The molecule has 2 aromatic rings. The number of hydrogen-bond donors (Lipinski definition) is 1. The van der Waals surface area contributed by atoms with Gasteiger partial charge in [0.05, 0.1) is 11.3 Å². The zero-order chi connectivity index (χ0) is 23.3. The molecule has 0 spiro atoms. The number of carbonyl (C=O) groups excluding carboxylic acids is 1. The lowest BCUT2D eigenvalue weighted by molar-refractivity contribution is -0.116. The van der Waals surface area contributed by atoms with Gasteiger partial charge in [0, 0.05) is 34.8 Å². The third kappa shape index (κ3) is 5.43. The number of nitrogens with zero attached hydrogens (tertiary/aromatic N) is 1. The molecule has 32 heavy (non-hydrogen) atoms. The molecule has 0 amide bonds. The highest BCUT2D eigenvalue weighted by Crippen LogP contribution is 2.36. The van der Waals surface area contributed by atoms with E-state index in [1.807, 2.05) is 13.0 Å². The van der Waals surface area contributed by atoms with Crippen LogP contribution in [0.25, 0.3) is 0 Å². The molecular weight excluding hydrogens is 433 g/mol. The Hall–Kier alpha value is -3.00. The highest BCUT2D eigenvalue weighted by molar-refractivity contribution is 7.84. The van der Waals surface area contributed by atoms with Gasteiger partial charge >= 0.3 is 0 Å². The fourth-order valence-corrected chi connectivity index (χ4v) is 4.12. The van der Waals surface area contributed by atoms with E-state index in [-0.39, 0.29) is 41.6 Å². The van der Waals surface area contributed by atoms with Crippen molar-refractivity contribution in [3.8, 4) is 11.5 Å². The molecule has 1 aliphatic carbocycles. The molecule has 0 heterocycles. The summed E-state index contributed by atoms with van der Waals surface area (Å²) in [6.45, 7) is 4.02. The van der Waals surface area contributed by atoms with Gasteiger partial charge in [-0.15, -0.1) is 0 Å². The predicted octanol–water partition coefficient (Wildman–Crippen LogP) is 5.42. The van der Waals surface area contributed by atoms with Crippen LogP contribution in [0, 0.1) is 5.82 Å². The Morgan fingerprint density at radius 3 is 2.62 bits per heavy atom. The van der Waals surface area contributed by atoms with Gasteiger partial charge in [-0.25, -0.2) is 4.39 Å². The van der Waals surface area contributed by atoms with E-state index in [0.29, 0.717) is 29.4 Å². The summed E-state index contributed by atoms with van der Waals surface area (Å²) in [5.41, 5.74) is 1.48. The molecule has 0 radical (unpaired) electrons. The minimum atomic E-state index is -1.29. The Balaban J connectivity index is 1.82. The molecule has 6 nitrogen and oxygen atoms in total. The first kappa shape index (κ1) is 23.7. The van der Waals surface area contributed by atoms with Crippen molar-refractivity contribution in [2.24, 2.45) is 5.16 Å². The van der Waals surface area contributed by atoms with E-state index in [1.165, 1.54) is 18.4 Å². The monoisotopic (exact) mass is 459 g/mol. The number of benzene rings is 2. The van der Waals surface area contributed by atoms with Crippen molar-refractivity contribution in [1.82, 2.24) is 0 Å². The van der Waals surface area contributed by atoms with Crippen LogP contribution in [-0.2, 0) is 20.4 Å². The molecule has 2 atom stereocenters. The van der Waals surface area contributed by atoms with Crippen LogP contribution in [-0.4, -0.2) is 33.7 Å². The zero-order valence-corrected chi connectivity index (χ0v) is 19.1. The van der Waals surface area contributed by atoms with E-state index in [9.17, 15) is 18.5 Å². The fourth-order valence-electron chi connectivity index (χ4n) is 3.59. The van der Waals surface area contributed by atoms with E-state index in [2.05, 4.69) is 5.16 Å². The Labute approximate surface area is 189 Å². The molecule has 8 heteroatoms. The predicted molar refractivity (Wildman–Crippen MR) is 121 cm³/mol. The van der Waals surface area contributed by atoms with Gasteiger partial charge in [0.25, 0.3) is 0 Å². The topological polar surface area (TPSA) is 85.2 Å². The van der Waals surface area contributed by atoms with Crippen molar-refractivity contribution < 1.29 is 28.1 Å². The van der Waals surface area contributed by atoms with Crippen molar-refractivity contribution in [2.45, 2.75) is 43.9 Å². The van der Waals surface area contributed by atoms with Crippen LogP contribution in [0.15, 0.2) is 63.8 Å². The number of carbonyl (C=O) groups is 1. The number of aliphatic hydroxyl groups excluding tert-OH is 1. The van der Waals surface area contributed by atoms with Crippen molar-refractivity contribution in [3.63, 3.8) is 0 Å². The second-order valence-electron chi connectivity index (χ2n) is 7.38. The molecule has 1 aliphatic rings. The van der Waals surface area contributed by atoms with Crippen LogP contribution in [0.3, 0.4) is 0 Å². The van der Waals surface area contributed by atoms with E-state index >= 15 is 0 Å². The number of rotatable bonds is 8. The second kappa shape index (κ2) is 10.5. The lowest BCUT2D eigenvalue weighted by Gasteiger charge is -2.24. The summed E-state index contributed by atoms with van der Waals surface area (Å²) in [5, 5.41) is 14.6. The smallest absolute Gasteiger partial charge is 0.168 e. The molecule has 2 unspecified atom stereocenters. The number of oxime groups is 1. The zero-order valence-electron chi connectivity index (χ0n) is 18.3. The van der Waals surface area contributed by atoms with Crippen molar-refractivity contribution in [2.75, 3.05) is 12.9 Å². The number of Topliss-reactive ketones (excluding diaryl/α,β-unsaturated/α-hetero) is 1. The molecule has 170 valence electrons. The summed E-state index contributed by atoms with van der Waals surface area (Å²) in [7, 11) is -1.29. The lowest BCUT2D eigenvalue weighted by atomic mass is 9.81. The number of aliphatic hydroxyl groups is 1. The van der Waals surface area contributed by atoms with Crippen LogP contribution < -0.4 is 4.74 Å². The number of halogens is 1. The first-order chi connectivity index (χ1) is 15.3. The van der Waals surface area contributed by atoms with Gasteiger partial charge in [0.2, 0.25) is 0 Å². The van der Waals surface area contributed by atoms with Gasteiger partial charge in [-0.2, -0.15) is 0 Å². The number of ether oxygens (including phenoxy) is 1. The van der Waals surface area contributed by atoms with Crippen molar-refractivity contribution >= 4 is 22.3 Å². The first-order valence-corrected chi connectivity index (χ1v) is 11.9. The SMILES string of the molecule is CCON=C(CC)C1=C(O)CC(c2cccc(Oc3ccc(S(C)=O)cc3F)c2)CC1=O. The van der Waals surface area contributed by atoms with Crippen LogP contribution in [0.2, 0.25) is 0 Å². The molecule has 0 saturated heterocycles. The Bertz CT molecular complexity index is 1100. The van der Waals surface area contributed by atoms with Gasteiger partial charge < -0.3 is 14.7 Å². The van der Waals surface area contributed by atoms with Crippen molar-refractivity contribution in [1.29, 1.82) is 0 Å². The molecule has 3 rings (SSSR count). The summed E-state index contributed by atoms with van der Waals surface area (Å²) in [6, 6.07) is 11.2. The maximum atomic E-state index is 14.3. The third-order valence-corrected chi connectivity index (χ3v) is 6.08. The molecular formula is C24H26FNO5S. The maximum Gasteiger partial charge on any atom is 0.168 e. The van der Waals surface area contributed by atoms with E-state index < -0.39 is 16.6 Å². The molecule has 0 fully saturated rings. The number of allylic oxidation sites excluding steroid dienone is 2. The lowest BCUT2D eigenvalue weighted by Crippen LogP contribution is -2.23. The van der Waals surface area contributed by atoms with Crippen LogP contribution in [0.5, 0.6) is 11.5 Å². The van der Waals surface area contributed by atoms with Crippen molar-refractivity contribution in [3.05, 3.63) is 65.2 Å². The minimum absolute atomic E-state index is 0.00734. The standard InChI is InChI=1S/C24H26FNO5S/c1-4-20(26-30-5-2)24-21(27)12-16(13-22(24)28)15-7-6-8-17(11-15)31-23-10-9-18(32(3)29)14-19(23)25/h6-11,14,16,27H,4-5,12-13H2,1-3H3. The van der Waals surface area contributed by atoms with E-state index in [0.717, 1.165) is 5.56 Å². The summed E-state index contributed by atoms with van der Waals surface area (Å²) < 4.78 is 31.5. The normalized spacial score (nSPS) is 17.9. The number of ketones is 1. The van der Waals surface area contributed by atoms with Crippen LogP contribution in [0.4, 0.5) is 4.39 Å². The molecule has 0 aromatic heterocycles. The van der Waals surface area contributed by atoms with Crippen LogP contribution >= 0.6 is 0 Å². The van der Waals surface area contributed by atoms with Gasteiger partial charge in [-0.05, 0) is 55.2 Å². The summed E-state index contributed by atoms with van der Waals surface area (Å²) in [5.74, 6) is -0.635. The average Bonchev–Trinajstić information content (AvgIpc) is 2.77. The maximum absolute atomic E-state index is 14.3. The van der Waals surface area contributed by atoms with E-state index in [4.69, 9.17) is 9.57 Å².